The molecule has 2 N–H and O–H groups in total. The van der Waals surface area contributed by atoms with E-state index >= 15 is 0 Å². The van der Waals surface area contributed by atoms with Gasteiger partial charge in [-0.1, -0.05) is 6.92 Å². The Kier molecular flexibility index (Phi) is 3.78. The summed E-state index contributed by atoms with van der Waals surface area (Å²) in [5, 5.41) is 11.8. The van der Waals surface area contributed by atoms with Gasteiger partial charge in [0.05, 0.1) is 6.54 Å². The van der Waals surface area contributed by atoms with E-state index in [4.69, 9.17) is 9.52 Å². The third-order valence-corrected chi connectivity index (χ3v) is 3.42. The Morgan fingerprint density at radius 3 is 2.84 bits per heavy atom. The third-order valence-electron chi connectivity index (χ3n) is 3.42. The van der Waals surface area contributed by atoms with Crippen molar-refractivity contribution in [2.75, 3.05) is 6.54 Å². The van der Waals surface area contributed by atoms with Crippen molar-refractivity contribution >= 4 is 12.0 Å². The van der Waals surface area contributed by atoms with E-state index in [1.165, 1.54) is 4.90 Å². The predicted octanol–water partition coefficient (Wildman–Crippen LogP) is 1.59. The van der Waals surface area contributed by atoms with E-state index in [-0.39, 0.29) is 18.5 Å². The fraction of sp³-hybridized carbons (Fsp3) is 0.538. The van der Waals surface area contributed by atoms with Crippen molar-refractivity contribution in [3.8, 4) is 0 Å². The first-order valence-corrected chi connectivity index (χ1v) is 6.31. The van der Waals surface area contributed by atoms with Gasteiger partial charge in [-0.3, -0.25) is 0 Å². The summed E-state index contributed by atoms with van der Waals surface area (Å²) in [6.07, 6.45) is 0.713. The molecule has 104 valence electrons. The zero-order valence-corrected chi connectivity index (χ0v) is 11.0. The van der Waals surface area contributed by atoms with Crippen molar-refractivity contribution in [2.45, 2.75) is 32.9 Å². The Morgan fingerprint density at radius 1 is 1.53 bits per heavy atom. The Bertz CT molecular complexity index is 483. The highest BCUT2D eigenvalue weighted by Gasteiger charge is 2.39. The maximum Gasteiger partial charge on any atom is 0.326 e. The molecular formula is C13H18N2O4. The summed E-state index contributed by atoms with van der Waals surface area (Å²) in [6.45, 7) is 4.42. The molecule has 0 radical (unpaired) electrons. The number of carboxylic acids is 1. The molecule has 1 saturated heterocycles. The molecule has 2 heterocycles. The molecule has 1 fully saturated rings. The minimum Gasteiger partial charge on any atom is -0.480 e. The van der Waals surface area contributed by atoms with E-state index in [1.54, 1.807) is 6.07 Å². The van der Waals surface area contributed by atoms with Crippen LogP contribution in [0.15, 0.2) is 16.5 Å². The molecule has 1 aromatic rings. The SMILES string of the molecule is Cc1ccc(CNC(=O)N2CCC(C)C2C(=O)O)o1. The number of amides is 2. The summed E-state index contributed by atoms with van der Waals surface area (Å²) < 4.78 is 5.34. The van der Waals surface area contributed by atoms with E-state index < -0.39 is 12.0 Å². The summed E-state index contributed by atoms with van der Waals surface area (Å²) >= 11 is 0. The van der Waals surface area contributed by atoms with Gasteiger partial charge in [-0.25, -0.2) is 9.59 Å². The number of aliphatic carboxylic acids is 1. The standard InChI is InChI=1S/C13H18N2O4/c1-8-5-6-15(11(8)12(16)17)13(18)14-7-10-4-3-9(2)19-10/h3-4,8,11H,5-7H2,1-2H3,(H,14,18)(H,16,17). The van der Waals surface area contributed by atoms with E-state index in [9.17, 15) is 9.59 Å². The fourth-order valence-corrected chi connectivity index (χ4v) is 2.40. The molecule has 2 unspecified atom stereocenters. The van der Waals surface area contributed by atoms with Gasteiger partial charge in [-0.2, -0.15) is 0 Å². The number of hydrogen-bond acceptors (Lipinski definition) is 3. The number of carbonyl (C=O) groups is 2. The molecule has 1 aromatic heterocycles. The first-order chi connectivity index (χ1) is 8.99. The molecule has 0 spiro atoms. The number of likely N-dealkylation sites (tertiary alicyclic amines) is 1. The first kappa shape index (κ1) is 13.5. The highest BCUT2D eigenvalue weighted by Crippen LogP contribution is 2.24. The number of nitrogens with zero attached hydrogens (tertiary/aromatic N) is 1. The van der Waals surface area contributed by atoms with E-state index in [0.717, 1.165) is 5.76 Å². The lowest BCUT2D eigenvalue weighted by Crippen LogP contribution is -2.47. The Morgan fingerprint density at radius 2 is 2.26 bits per heavy atom. The zero-order chi connectivity index (χ0) is 14.0. The van der Waals surface area contributed by atoms with Gasteiger partial charge in [0.25, 0.3) is 0 Å². The number of carboxylic acid groups (broad SMARTS) is 1. The molecule has 1 aliphatic rings. The second-order valence-corrected chi connectivity index (χ2v) is 4.91. The molecule has 2 amide bonds. The number of hydrogen-bond donors (Lipinski definition) is 2. The van der Waals surface area contributed by atoms with Gasteiger partial charge >= 0.3 is 12.0 Å². The van der Waals surface area contributed by atoms with Gasteiger partial charge < -0.3 is 19.7 Å². The first-order valence-electron chi connectivity index (χ1n) is 6.31. The van der Waals surface area contributed by atoms with Crippen LogP contribution in [-0.4, -0.2) is 34.6 Å². The largest absolute Gasteiger partial charge is 0.480 e. The van der Waals surface area contributed by atoms with Crippen LogP contribution in [0.25, 0.3) is 0 Å². The number of urea groups is 1. The third kappa shape index (κ3) is 2.89. The van der Waals surface area contributed by atoms with Gasteiger partial charge in [0.2, 0.25) is 0 Å². The lowest BCUT2D eigenvalue weighted by atomic mass is 10.0. The molecule has 2 rings (SSSR count). The summed E-state index contributed by atoms with van der Waals surface area (Å²) in [6, 6.07) is 2.51. The van der Waals surface area contributed by atoms with Gasteiger partial charge in [0.15, 0.2) is 0 Å². The van der Waals surface area contributed by atoms with Crippen LogP contribution in [0.5, 0.6) is 0 Å². The van der Waals surface area contributed by atoms with Crippen molar-refractivity contribution in [3.05, 3.63) is 23.7 Å². The van der Waals surface area contributed by atoms with Crippen molar-refractivity contribution < 1.29 is 19.1 Å². The van der Waals surface area contributed by atoms with Crippen molar-refractivity contribution in [2.24, 2.45) is 5.92 Å². The molecule has 0 bridgehead atoms. The van der Waals surface area contributed by atoms with Crippen LogP contribution in [0.2, 0.25) is 0 Å². The van der Waals surface area contributed by atoms with Crippen LogP contribution in [0.1, 0.15) is 24.9 Å². The molecule has 6 nitrogen and oxygen atoms in total. The quantitative estimate of drug-likeness (QED) is 0.870. The number of rotatable bonds is 3. The number of aryl methyl sites for hydroxylation is 1. The van der Waals surface area contributed by atoms with E-state index in [0.29, 0.717) is 18.7 Å². The number of furan rings is 1. The molecular weight excluding hydrogens is 248 g/mol. The summed E-state index contributed by atoms with van der Waals surface area (Å²) in [5.41, 5.74) is 0. The van der Waals surface area contributed by atoms with Crippen LogP contribution < -0.4 is 5.32 Å². The lowest BCUT2D eigenvalue weighted by Gasteiger charge is -2.23. The second kappa shape index (κ2) is 5.34. The van der Waals surface area contributed by atoms with Gasteiger partial charge in [-0.15, -0.1) is 0 Å². The van der Waals surface area contributed by atoms with Gasteiger partial charge in [-0.05, 0) is 31.4 Å². The highest BCUT2D eigenvalue weighted by atomic mass is 16.4. The van der Waals surface area contributed by atoms with Gasteiger partial charge in [0, 0.05) is 6.54 Å². The minimum absolute atomic E-state index is 0.0193. The van der Waals surface area contributed by atoms with E-state index in [2.05, 4.69) is 5.32 Å². The summed E-state index contributed by atoms with van der Waals surface area (Å²) in [5.74, 6) is 0.468. The smallest absolute Gasteiger partial charge is 0.326 e. The number of carbonyl (C=O) groups excluding carboxylic acids is 1. The Hall–Kier alpha value is -1.98. The average Bonchev–Trinajstić information content (AvgIpc) is 2.92. The fourth-order valence-electron chi connectivity index (χ4n) is 2.40. The molecule has 6 heteroatoms. The maximum atomic E-state index is 12.0. The molecule has 0 aromatic carbocycles. The molecule has 0 aliphatic carbocycles. The highest BCUT2D eigenvalue weighted by molar-refractivity contribution is 5.83. The minimum atomic E-state index is -0.950. The van der Waals surface area contributed by atoms with Crippen LogP contribution in [-0.2, 0) is 11.3 Å². The normalized spacial score (nSPS) is 22.5. The Balaban J connectivity index is 1.94. The summed E-state index contributed by atoms with van der Waals surface area (Å²) in [7, 11) is 0. The molecule has 1 aliphatic heterocycles. The lowest BCUT2D eigenvalue weighted by molar-refractivity contribution is -0.142. The monoisotopic (exact) mass is 266 g/mol. The zero-order valence-electron chi connectivity index (χ0n) is 11.0. The van der Waals surface area contributed by atoms with Crippen LogP contribution >= 0.6 is 0 Å². The Labute approximate surface area is 111 Å². The second-order valence-electron chi connectivity index (χ2n) is 4.91. The van der Waals surface area contributed by atoms with E-state index in [1.807, 2.05) is 19.9 Å². The van der Waals surface area contributed by atoms with Gasteiger partial charge in [0.1, 0.15) is 17.6 Å². The maximum absolute atomic E-state index is 12.0. The van der Waals surface area contributed by atoms with Crippen molar-refractivity contribution in [1.29, 1.82) is 0 Å². The number of nitrogens with one attached hydrogen (secondary N) is 1. The average molecular weight is 266 g/mol. The van der Waals surface area contributed by atoms with Crippen molar-refractivity contribution in [3.63, 3.8) is 0 Å². The molecule has 0 saturated carbocycles. The van der Waals surface area contributed by atoms with Crippen LogP contribution in [0.3, 0.4) is 0 Å². The molecule has 19 heavy (non-hydrogen) atoms. The predicted molar refractivity (Wildman–Crippen MR) is 67.6 cm³/mol. The van der Waals surface area contributed by atoms with Crippen LogP contribution in [0.4, 0.5) is 4.79 Å². The molecule has 2 atom stereocenters. The summed E-state index contributed by atoms with van der Waals surface area (Å²) in [4.78, 5) is 24.5. The topological polar surface area (TPSA) is 82.8 Å². The van der Waals surface area contributed by atoms with Crippen LogP contribution in [0, 0.1) is 12.8 Å². The van der Waals surface area contributed by atoms with Crippen molar-refractivity contribution in [1.82, 2.24) is 10.2 Å².